The van der Waals surface area contributed by atoms with Crippen LogP contribution in [0.2, 0.25) is 0 Å². The Hall–Kier alpha value is -3.88. The number of nitrogens with zero attached hydrogens (tertiary/aromatic N) is 1. The number of carboxylic acids is 1. The van der Waals surface area contributed by atoms with Crippen molar-refractivity contribution < 1.29 is 29.0 Å². The van der Waals surface area contributed by atoms with Crippen LogP contribution in [0.5, 0.6) is 0 Å². The summed E-state index contributed by atoms with van der Waals surface area (Å²) >= 11 is 0. The Kier molecular flexibility index (Phi) is 9.41. The number of alkyl carbamates (subject to hydrolysis) is 1. The van der Waals surface area contributed by atoms with Crippen LogP contribution in [0.3, 0.4) is 0 Å². The largest absolute Gasteiger partial charge is 0.480 e. The van der Waals surface area contributed by atoms with Crippen molar-refractivity contribution in [2.45, 2.75) is 44.9 Å². The van der Waals surface area contributed by atoms with Crippen molar-refractivity contribution in [2.75, 3.05) is 7.05 Å². The Morgan fingerprint density at radius 2 is 1.61 bits per heavy atom. The van der Waals surface area contributed by atoms with Gasteiger partial charge < -0.3 is 19.5 Å². The van der Waals surface area contributed by atoms with E-state index in [1.165, 1.54) is 14.0 Å². The summed E-state index contributed by atoms with van der Waals surface area (Å²) in [4.78, 5) is 37.5. The third kappa shape index (κ3) is 7.64. The van der Waals surface area contributed by atoms with Gasteiger partial charge in [0.2, 0.25) is 12.2 Å². The molecule has 2 aromatic rings. The van der Waals surface area contributed by atoms with E-state index < -0.39 is 42.2 Å². The van der Waals surface area contributed by atoms with E-state index in [2.05, 4.69) is 5.32 Å². The van der Waals surface area contributed by atoms with Gasteiger partial charge in [-0.15, -0.1) is 0 Å². The van der Waals surface area contributed by atoms with Gasteiger partial charge in [-0.25, -0.2) is 9.59 Å². The van der Waals surface area contributed by atoms with E-state index in [-0.39, 0.29) is 6.42 Å². The topological polar surface area (TPSA) is 129 Å². The molecule has 3 atom stereocenters. The first kappa shape index (κ1) is 25.4. The Morgan fingerprint density at radius 1 is 1.03 bits per heavy atom. The van der Waals surface area contributed by atoms with E-state index in [1.54, 1.807) is 24.3 Å². The summed E-state index contributed by atoms with van der Waals surface area (Å²) in [6, 6.07) is 17.0. The molecule has 2 rings (SSSR count). The first-order valence-corrected chi connectivity index (χ1v) is 10.5. The highest BCUT2D eigenvalue weighted by atomic mass is 16.7. The third-order valence-electron chi connectivity index (χ3n) is 5.05. The molecule has 9 nitrogen and oxygen atoms in total. The smallest absolute Gasteiger partial charge is 0.417 e. The minimum atomic E-state index is -1.20. The van der Waals surface area contributed by atoms with E-state index in [4.69, 9.17) is 14.9 Å². The normalized spacial score (nSPS) is 13.2. The molecule has 33 heavy (non-hydrogen) atoms. The molecule has 0 aromatic heterocycles. The summed E-state index contributed by atoms with van der Waals surface area (Å²) in [5.41, 5.74) is 1.57. The van der Waals surface area contributed by atoms with Crippen molar-refractivity contribution in [2.24, 2.45) is 0 Å². The molecule has 9 heteroatoms. The number of rotatable bonds is 9. The molecule has 0 saturated carbocycles. The number of ether oxygens (including phenoxy) is 2. The molecule has 2 aromatic carbocycles. The summed E-state index contributed by atoms with van der Waals surface area (Å²) in [6.45, 7) is 3.24. The average molecular weight is 456 g/mol. The van der Waals surface area contributed by atoms with Crippen LogP contribution >= 0.6 is 0 Å². The number of amides is 1. The average Bonchev–Trinajstić information content (AvgIpc) is 2.78. The van der Waals surface area contributed by atoms with E-state index in [1.807, 2.05) is 43.3 Å². The Morgan fingerprint density at radius 3 is 2.15 bits per heavy atom. The molecule has 1 amide bonds. The number of nitrogens with one attached hydrogen (secondary N) is 2. The summed E-state index contributed by atoms with van der Waals surface area (Å²) in [6.07, 6.45) is -1.59. The zero-order valence-electron chi connectivity index (χ0n) is 18.9. The van der Waals surface area contributed by atoms with Crippen molar-refractivity contribution >= 4 is 24.0 Å². The maximum atomic E-state index is 12.5. The van der Waals surface area contributed by atoms with Gasteiger partial charge >= 0.3 is 18.0 Å². The Balaban J connectivity index is 1.90. The van der Waals surface area contributed by atoms with Gasteiger partial charge in [0.25, 0.3) is 0 Å². The van der Waals surface area contributed by atoms with Gasteiger partial charge in [0.15, 0.2) is 0 Å². The van der Waals surface area contributed by atoms with Gasteiger partial charge in [-0.3, -0.25) is 15.5 Å². The quantitative estimate of drug-likeness (QED) is 0.229. The molecule has 0 radical (unpaired) electrons. The molecule has 0 aliphatic rings. The molecule has 176 valence electrons. The number of aliphatic carboxylic acids is 1. The maximum Gasteiger partial charge on any atom is 0.417 e. The number of carbonyl (C=O) groups is 3. The zero-order valence-corrected chi connectivity index (χ0v) is 18.9. The lowest BCUT2D eigenvalue weighted by Crippen LogP contribution is -2.50. The molecule has 0 saturated heterocycles. The molecule has 3 unspecified atom stereocenters. The van der Waals surface area contributed by atoms with Gasteiger partial charge in [-0.2, -0.15) is 0 Å². The van der Waals surface area contributed by atoms with Crippen LogP contribution in [0.1, 0.15) is 37.3 Å². The molecule has 0 fully saturated rings. The summed E-state index contributed by atoms with van der Waals surface area (Å²) < 4.78 is 10.3. The van der Waals surface area contributed by atoms with Crippen LogP contribution in [-0.2, 0) is 25.5 Å². The lowest BCUT2D eigenvalue weighted by molar-refractivity contribution is -0.166. The molecular weight excluding hydrogens is 426 g/mol. The zero-order chi connectivity index (χ0) is 24.4. The van der Waals surface area contributed by atoms with Crippen molar-refractivity contribution in [1.82, 2.24) is 10.2 Å². The number of carboxylic acid groups (broad SMARTS) is 1. The number of hydrogen-bond donors (Lipinski definition) is 3. The van der Waals surface area contributed by atoms with E-state index in [9.17, 15) is 19.5 Å². The van der Waals surface area contributed by atoms with Crippen LogP contribution in [0.15, 0.2) is 60.7 Å². The monoisotopic (exact) mass is 455 g/mol. The lowest BCUT2D eigenvalue weighted by Gasteiger charge is -2.27. The fourth-order valence-electron chi connectivity index (χ4n) is 3.24. The second-order valence-electron chi connectivity index (χ2n) is 7.41. The Labute approximate surface area is 192 Å². The second kappa shape index (κ2) is 12.2. The minimum Gasteiger partial charge on any atom is -0.480 e. The standard InChI is InChI=1S/C24H29N3O6/c1-4-19(18-13-9-6-10-14-18)22(30)32-16(2)33-24(31)26-23(25)27(3)20(21(28)29)15-17-11-7-5-8-12-17/h5-14,16,19-20H,4,15H2,1-3H3,(H,28,29)(H2,25,26,31). The van der Waals surface area contributed by atoms with E-state index in [0.717, 1.165) is 16.0 Å². The van der Waals surface area contributed by atoms with E-state index in [0.29, 0.717) is 6.42 Å². The summed E-state index contributed by atoms with van der Waals surface area (Å²) in [7, 11) is 1.39. The fourth-order valence-corrected chi connectivity index (χ4v) is 3.24. The molecule has 0 bridgehead atoms. The predicted molar refractivity (Wildman–Crippen MR) is 122 cm³/mol. The van der Waals surface area contributed by atoms with Crippen LogP contribution in [0.25, 0.3) is 0 Å². The second-order valence-corrected chi connectivity index (χ2v) is 7.41. The van der Waals surface area contributed by atoms with Gasteiger partial charge in [0.1, 0.15) is 6.04 Å². The molecule has 3 N–H and O–H groups in total. The van der Waals surface area contributed by atoms with Crippen molar-refractivity contribution in [3.63, 3.8) is 0 Å². The molecule has 0 aliphatic carbocycles. The third-order valence-corrected chi connectivity index (χ3v) is 5.05. The molecule has 0 heterocycles. The first-order chi connectivity index (χ1) is 15.7. The number of benzene rings is 2. The van der Waals surface area contributed by atoms with Crippen molar-refractivity contribution in [3.8, 4) is 0 Å². The fraction of sp³-hybridized carbons (Fsp3) is 0.333. The minimum absolute atomic E-state index is 0.137. The predicted octanol–water partition coefficient (Wildman–Crippen LogP) is 3.36. The number of esters is 1. The SMILES string of the molecule is CCC(C(=O)OC(C)OC(=O)NC(=N)N(C)C(Cc1ccccc1)C(=O)O)c1ccccc1. The van der Waals surface area contributed by atoms with Gasteiger partial charge in [-0.05, 0) is 17.5 Å². The van der Waals surface area contributed by atoms with Gasteiger partial charge in [-0.1, -0.05) is 67.6 Å². The van der Waals surface area contributed by atoms with Crippen molar-refractivity contribution in [1.29, 1.82) is 5.41 Å². The maximum absolute atomic E-state index is 12.5. The number of carbonyl (C=O) groups excluding carboxylic acids is 2. The molecular formula is C24H29N3O6. The highest BCUT2D eigenvalue weighted by Crippen LogP contribution is 2.21. The number of hydrogen-bond acceptors (Lipinski definition) is 6. The van der Waals surface area contributed by atoms with Crippen LogP contribution in [0.4, 0.5) is 4.79 Å². The number of likely N-dealkylation sites (N-methyl/N-ethyl adjacent to an activating group) is 1. The summed E-state index contributed by atoms with van der Waals surface area (Å²) in [5.74, 6) is -2.64. The van der Waals surface area contributed by atoms with Gasteiger partial charge in [0.05, 0.1) is 5.92 Å². The van der Waals surface area contributed by atoms with Gasteiger partial charge in [0, 0.05) is 20.4 Å². The Bertz CT molecular complexity index is 951. The molecule has 0 spiro atoms. The van der Waals surface area contributed by atoms with Crippen molar-refractivity contribution in [3.05, 3.63) is 71.8 Å². The lowest BCUT2D eigenvalue weighted by atomic mass is 9.97. The van der Waals surface area contributed by atoms with E-state index >= 15 is 0 Å². The number of guanidine groups is 1. The first-order valence-electron chi connectivity index (χ1n) is 10.5. The van der Waals surface area contributed by atoms with Crippen LogP contribution in [0, 0.1) is 5.41 Å². The van der Waals surface area contributed by atoms with Crippen LogP contribution in [-0.4, -0.2) is 53.4 Å². The highest BCUT2D eigenvalue weighted by molar-refractivity contribution is 5.94. The molecule has 0 aliphatic heterocycles. The highest BCUT2D eigenvalue weighted by Gasteiger charge is 2.27. The summed E-state index contributed by atoms with van der Waals surface area (Å²) in [5, 5.41) is 19.8. The van der Waals surface area contributed by atoms with Crippen LogP contribution < -0.4 is 5.32 Å².